The van der Waals surface area contributed by atoms with E-state index in [1.165, 1.54) is 28.0 Å². The fourth-order valence-electron chi connectivity index (χ4n) is 4.04. The van der Waals surface area contributed by atoms with Crippen LogP contribution < -0.4 is 20.5 Å². The van der Waals surface area contributed by atoms with E-state index in [0.717, 1.165) is 44.0 Å². The summed E-state index contributed by atoms with van der Waals surface area (Å²) in [6, 6.07) is 13.5. The van der Waals surface area contributed by atoms with Gasteiger partial charge in [0.1, 0.15) is 4.88 Å². The number of nitrogens with zero attached hydrogens (tertiary/aromatic N) is 1. The molecule has 2 heterocycles. The minimum atomic E-state index is -0.602. The zero-order valence-electron chi connectivity index (χ0n) is 18.7. The molecule has 4 rings (SSSR count). The molecule has 0 saturated carbocycles. The Bertz CT molecular complexity index is 1160. The Morgan fingerprint density at radius 3 is 2.42 bits per heavy atom. The number of hydrogen-bond acceptors (Lipinski definition) is 6. The first-order valence-corrected chi connectivity index (χ1v) is 11.6. The minimum Gasteiger partial charge on any atom is -0.493 e. The van der Waals surface area contributed by atoms with Gasteiger partial charge in [0.05, 0.1) is 19.8 Å². The van der Waals surface area contributed by atoms with E-state index in [9.17, 15) is 9.59 Å². The van der Waals surface area contributed by atoms with Gasteiger partial charge in [-0.1, -0.05) is 12.1 Å². The Labute approximate surface area is 197 Å². The van der Waals surface area contributed by atoms with Gasteiger partial charge in [0.15, 0.2) is 11.5 Å². The van der Waals surface area contributed by atoms with Crippen LogP contribution in [0, 0.1) is 0 Å². The Morgan fingerprint density at radius 2 is 1.76 bits per heavy atom. The molecule has 2 amide bonds. The Morgan fingerprint density at radius 1 is 1.06 bits per heavy atom. The van der Waals surface area contributed by atoms with Crippen molar-refractivity contribution in [2.24, 2.45) is 5.73 Å². The van der Waals surface area contributed by atoms with E-state index in [4.69, 9.17) is 15.2 Å². The molecule has 7 nitrogen and oxygen atoms in total. The largest absolute Gasteiger partial charge is 0.493 e. The topological polar surface area (TPSA) is 93.9 Å². The third-order valence-corrected chi connectivity index (χ3v) is 6.78. The number of carbonyl (C=O) groups is 2. The maximum absolute atomic E-state index is 12.5. The van der Waals surface area contributed by atoms with Crippen LogP contribution in [0.25, 0.3) is 0 Å². The van der Waals surface area contributed by atoms with E-state index in [2.05, 4.69) is 22.3 Å². The molecule has 0 fully saturated rings. The highest BCUT2D eigenvalue weighted by molar-refractivity contribution is 7.12. The summed E-state index contributed by atoms with van der Waals surface area (Å²) in [6.07, 6.45) is 1.89. The summed E-state index contributed by atoms with van der Waals surface area (Å²) in [7, 11) is 3.32. The summed E-state index contributed by atoms with van der Waals surface area (Å²) in [6.45, 7) is 2.82. The Balaban J connectivity index is 1.33. The average molecular weight is 466 g/mol. The van der Waals surface area contributed by atoms with Gasteiger partial charge in [0, 0.05) is 25.3 Å². The number of primary amides is 1. The molecule has 1 aromatic heterocycles. The Hall–Kier alpha value is -3.36. The first kappa shape index (κ1) is 22.8. The van der Waals surface area contributed by atoms with E-state index < -0.39 is 5.91 Å². The molecule has 33 heavy (non-hydrogen) atoms. The zero-order valence-corrected chi connectivity index (χ0v) is 19.5. The van der Waals surface area contributed by atoms with E-state index in [0.29, 0.717) is 10.6 Å². The Kier molecular flexibility index (Phi) is 6.96. The number of methoxy groups -OCH3 is 2. The van der Waals surface area contributed by atoms with Gasteiger partial charge in [-0.15, -0.1) is 11.3 Å². The number of nitrogens with two attached hydrogens (primary N) is 1. The van der Waals surface area contributed by atoms with Gasteiger partial charge in [0.2, 0.25) is 5.91 Å². The number of ether oxygens (including phenoxy) is 2. The average Bonchev–Trinajstić information content (AvgIpc) is 3.33. The summed E-state index contributed by atoms with van der Waals surface area (Å²) < 4.78 is 10.9. The van der Waals surface area contributed by atoms with Crippen LogP contribution >= 0.6 is 11.3 Å². The number of anilines is 1. The molecule has 3 N–H and O–H groups in total. The molecule has 172 valence electrons. The van der Waals surface area contributed by atoms with E-state index in [1.807, 2.05) is 24.3 Å². The number of rotatable bonds is 8. The molecule has 8 heteroatoms. The third-order valence-electron chi connectivity index (χ3n) is 5.86. The summed E-state index contributed by atoms with van der Waals surface area (Å²) in [5.41, 5.74) is 10.0. The number of benzene rings is 2. The molecule has 0 radical (unpaired) electrons. The first-order valence-electron chi connectivity index (χ1n) is 10.7. The van der Waals surface area contributed by atoms with Crippen molar-refractivity contribution in [1.82, 2.24) is 4.90 Å². The normalized spacial score (nSPS) is 13.3. The number of carbonyl (C=O) groups excluding carboxylic acids is 2. The fourth-order valence-corrected chi connectivity index (χ4v) is 4.84. The van der Waals surface area contributed by atoms with Crippen LogP contribution in [0.5, 0.6) is 11.5 Å². The van der Waals surface area contributed by atoms with Gasteiger partial charge in [-0.3, -0.25) is 14.5 Å². The van der Waals surface area contributed by atoms with Crippen LogP contribution in [-0.2, 0) is 19.4 Å². The monoisotopic (exact) mass is 465 g/mol. The second kappa shape index (κ2) is 10.1. The van der Waals surface area contributed by atoms with Crippen molar-refractivity contribution >= 4 is 28.8 Å². The highest BCUT2D eigenvalue weighted by Gasteiger charge is 2.20. The molecule has 1 aliphatic rings. The molecule has 3 aromatic rings. The van der Waals surface area contributed by atoms with Crippen molar-refractivity contribution < 1.29 is 19.1 Å². The molecule has 0 aliphatic carbocycles. The molecule has 0 atom stereocenters. The maximum Gasteiger partial charge on any atom is 0.266 e. The summed E-state index contributed by atoms with van der Waals surface area (Å²) in [5, 5.41) is 4.52. The van der Waals surface area contributed by atoms with E-state index >= 15 is 0 Å². The third kappa shape index (κ3) is 5.18. The second-order valence-corrected chi connectivity index (χ2v) is 8.85. The van der Waals surface area contributed by atoms with Gasteiger partial charge in [-0.05, 0) is 65.2 Å². The van der Waals surface area contributed by atoms with Crippen LogP contribution in [0.1, 0.15) is 36.7 Å². The molecular weight excluding hydrogens is 438 g/mol. The van der Waals surface area contributed by atoms with Gasteiger partial charge < -0.3 is 20.5 Å². The SMILES string of the molecule is COc1cc2c(cc1OC)CN(CCc1ccc(NC(=O)c3sccc3C(N)=O)cc1)CC2. The molecule has 0 unspecified atom stereocenters. The lowest BCUT2D eigenvalue weighted by Gasteiger charge is -2.29. The van der Waals surface area contributed by atoms with Crippen LogP contribution in [0.3, 0.4) is 0 Å². The standard InChI is InChI=1S/C25H27N3O4S/c1-31-21-13-17-8-11-28(15-18(17)14-22(21)32-2)10-7-16-3-5-19(6-4-16)27-25(30)23-20(24(26)29)9-12-33-23/h3-6,9,12-14H,7-8,10-11,15H2,1-2H3,(H2,26,29)(H,27,30). The maximum atomic E-state index is 12.5. The lowest BCUT2D eigenvalue weighted by molar-refractivity contribution is 0.0980. The van der Waals surface area contributed by atoms with Crippen LogP contribution in [-0.4, -0.2) is 44.0 Å². The van der Waals surface area contributed by atoms with Gasteiger partial charge in [0.25, 0.3) is 5.91 Å². The highest BCUT2D eigenvalue weighted by atomic mass is 32.1. The summed E-state index contributed by atoms with van der Waals surface area (Å²) in [5.74, 6) is 0.614. The van der Waals surface area contributed by atoms with E-state index in [-0.39, 0.29) is 11.5 Å². The van der Waals surface area contributed by atoms with Crippen LogP contribution in [0.4, 0.5) is 5.69 Å². The molecular formula is C25H27N3O4S. The van der Waals surface area contributed by atoms with E-state index in [1.54, 1.807) is 25.7 Å². The zero-order chi connectivity index (χ0) is 23.4. The lowest BCUT2D eigenvalue weighted by Crippen LogP contribution is -2.32. The van der Waals surface area contributed by atoms with Crippen LogP contribution in [0.15, 0.2) is 47.8 Å². The van der Waals surface area contributed by atoms with Crippen molar-refractivity contribution in [3.63, 3.8) is 0 Å². The first-order chi connectivity index (χ1) is 16.0. The smallest absolute Gasteiger partial charge is 0.266 e. The van der Waals surface area contributed by atoms with Crippen LogP contribution in [0.2, 0.25) is 0 Å². The molecule has 0 bridgehead atoms. The number of amides is 2. The summed E-state index contributed by atoms with van der Waals surface area (Å²) >= 11 is 1.20. The quantitative estimate of drug-likeness (QED) is 0.529. The van der Waals surface area contributed by atoms with Gasteiger partial charge in [-0.25, -0.2) is 0 Å². The highest BCUT2D eigenvalue weighted by Crippen LogP contribution is 2.33. The van der Waals surface area contributed by atoms with Crippen molar-refractivity contribution in [2.75, 3.05) is 32.6 Å². The number of thiophene rings is 1. The lowest BCUT2D eigenvalue weighted by atomic mass is 9.98. The van der Waals surface area contributed by atoms with Crippen molar-refractivity contribution in [2.45, 2.75) is 19.4 Å². The summed E-state index contributed by atoms with van der Waals surface area (Å²) in [4.78, 5) is 26.7. The fraction of sp³-hybridized carbons (Fsp3) is 0.280. The van der Waals surface area contributed by atoms with Gasteiger partial charge >= 0.3 is 0 Å². The number of nitrogens with one attached hydrogen (secondary N) is 1. The number of fused-ring (bicyclic) bond motifs is 1. The van der Waals surface area contributed by atoms with Crippen molar-refractivity contribution in [1.29, 1.82) is 0 Å². The van der Waals surface area contributed by atoms with Crippen molar-refractivity contribution in [3.05, 3.63) is 75.0 Å². The minimum absolute atomic E-state index is 0.244. The molecule has 0 saturated heterocycles. The molecule has 2 aromatic carbocycles. The van der Waals surface area contributed by atoms with Gasteiger partial charge in [-0.2, -0.15) is 0 Å². The predicted octanol–water partition coefficient (Wildman–Crippen LogP) is 3.72. The molecule has 0 spiro atoms. The van der Waals surface area contributed by atoms with Crippen molar-refractivity contribution in [3.8, 4) is 11.5 Å². The molecule has 1 aliphatic heterocycles. The number of hydrogen-bond donors (Lipinski definition) is 2. The predicted molar refractivity (Wildman–Crippen MR) is 129 cm³/mol. The second-order valence-electron chi connectivity index (χ2n) is 7.93.